The molecule has 158 valence electrons. The van der Waals surface area contributed by atoms with E-state index < -0.39 is 11.0 Å². The summed E-state index contributed by atoms with van der Waals surface area (Å²) in [7, 11) is 3.22. The molecule has 0 aromatic heterocycles. The largest absolute Gasteiger partial charge is 0.493 e. The molecule has 2 fully saturated rings. The van der Waals surface area contributed by atoms with E-state index >= 15 is 0 Å². The first-order chi connectivity index (χ1) is 13.9. The van der Waals surface area contributed by atoms with Crippen LogP contribution >= 0.6 is 0 Å². The number of esters is 1. The lowest BCUT2D eigenvalue weighted by Crippen LogP contribution is -2.67. The third kappa shape index (κ3) is 3.02. The topological polar surface area (TPSA) is 85.3 Å². The van der Waals surface area contributed by atoms with Gasteiger partial charge in [-0.1, -0.05) is 0 Å². The van der Waals surface area contributed by atoms with E-state index in [0.29, 0.717) is 37.3 Å². The number of aliphatic hydroxyl groups is 1. The zero-order chi connectivity index (χ0) is 20.8. The van der Waals surface area contributed by atoms with Crippen LogP contribution in [0.2, 0.25) is 0 Å². The summed E-state index contributed by atoms with van der Waals surface area (Å²) in [5.41, 5.74) is -0.241. The summed E-state index contributed by atoms with van der Waals surface area (Å²) in [4.78, 5) is 27.5. The van der Waals surface area contributed by atoms with E-state index in [1.165, 1.54) is 0 Å². The molecule has 0 bridgehead atoms. The second-order valence-electron chi connectivity index (χ2n) is 8.40. The number of hydrogen-bond acceptors (Lipinski definition) is 7. The fourth-order valence-electron chi connectivity index (χ4n) is 5.46. The number of nitrogens with zero attached hydrogens (tertiary/aromatic N) is 1. The maximum Gasteiger partial charge on any atom is 0.316 e. The van der Waals surface area contributed by atoms with E-state index in [1.807, 2.05) is 12.1 Å². The number of benzene rings is 1. The predicted molar refractivity (Wildman–Crippen MR) is 105 cm³/mol. The Morgan fingerprint density at radius 3 is 2.66 bits per heavy atom. The highest BCUT2D eigenvalue weighted by Crippen LogP contribution is 2.55. The molecule has 1 N–H and O–H groups in total. The van der Waals surface area contributed by atoms with Crippen molar-refractivity contribution in [2.75, 3.05) is 33.9 Å². The van der Waals surface area contributed by atoms with E-state index in [9.17, 15) is 14.7 Å². The molecule has 2 heterocycles. The van der Waals surface area contributed by atoms with Crippen molar-refractivity contribution < 1.29 is 28.9 Å². The van der Waals surface area contributed by atoms with Crippen LogP contribution in [0.4, 0.5) is 0 Å². The summed E-state index contributed by atoms with van der Waals surface area (Å²) in [6.07, 6.45) is 1.78. The second kappa shape index (κ2) is 7.29. The van der Waals surface area contributed by atoms with Crippen molar-refractivity contribution in [1.82, 2.24) is 4.90 Å². The molecule has 2 aliphatic heterocycles. The minimum atomic E-state index is -1.41. The molecule has 1 saturated carbocycles. The average Bonchev–Trinajstić information content (AvgIpc) is 2.70. The number of methoxy groups -OCH3 is 2. The van der Waals surface area contributed by atoms with Crippen molar-refractivity contribution in [2.45, 2.75) is 50.7 Å². The Hall–Kier alpha value is -2.12. The summed E-state index contributed by atoms with van der Waals surface area (Å²) in [5, 5.41) is 11.7. The van der Waals surface area contributed by atoms with Crippen LogP contribution in [0.1, 0.15) is 49.8 Å². The van der Waals surface area contributed by atoms with Crippen LogP contribution in [-0.2, 0) is 20.7 Å². The number of carbonyl (C=O) groups is 2. The van der Waals surface area contributed by atoms with Gasteiger partial charge in [0.15, 0.2) is 11.5 Å². The molecular weight excluding hydrogens is 374 g/mol. The number of fused-ring (bicyclic) bond motifs is 4. The number of Topliss-reactive ketones (excluding diaryl/α,β-unsaturated/α-hetero) is 1. The van der Waals surface area contributed by atoms with Gasteiger partial charge in [-0.15, -0.1) is 0 Å². The lowest BCUT2D eigenvalue weighted by atomic mass is 9.57. The number of carbonyl (C=O) groups excluding carboxylic acids is 2. The summed E-state index contributed by atoms with van der Waals surface area (Å²) in [5.74, 6) is 0.945. The number of ketones is 1. The lowest BCUT2D eigenvalue weighted by Gasteiger charge is -2.57. The lowest BCUT2D eigenvalue weighted by molar-refractivity contribution is -0.206. The highest BCUT2D eigenvalue weighted by molar-refractivity contribution is 5.87. The first kappa shape index (κ1) is 20.2. The molecule has 0 spiro atoms. The van der Waals surface area contributed by atoms with Gasteiger partial charge in [-0.25, -0.2) is 0 Å². The molecule has 7 nitrogen and oxygen atoms in total. The first-order valence-electron chi connectivity index (χ1n) is 10.3. The van der Waals surface area contributed by atoms with Crippen LogP contribution in [0.25, 0.3) is 0 Å². The zero-order valence-electron chi connectivity index (χ0n) is 17.3. The van der Waals surface area contributed by atoms with Gasteiger partial charge in [0.05, 0.1) is 26.4 Å². The Labute approximate surface area is 170 Å². The Balaban J connectivity index is 1.76. The van der Waals surface area contributed by atoms with Crippen LogP contribution in [0, 0.1) is 5.41 Å². The molecule has 1 saturated heterocycles. The minimum absolute atomic E-state index is 0.00121. The molecule has 1 aromatic rings. The van der Waals surface area contributed by atoms with Gasteiger partial charge >= 0.3 is 5.97 Å². The Bertz CT molecular complexity index is 839. The number of ether oxygens (including phenoxy) is 3. The van der Waals surface area contributed by atoms with Crippen LogP contribution in [0.15, 0.2) is 12.1 Å². The van der Waals surface area contributed by atoms with Crippen molar-refractivity contribution in [3.05, 3.63) is 23.3 Å². The molecule has 3 unspecified atom stereocenters. The van der Waals surface area contributed by atoms with Crippen LogP contribution < -0.4 is 9.47 Å². The number of rotatable bonds is 4. The molecule has 0 radical (unpaired) electrons. The average molecular weight is 403 g/mol. The molecular formula is C22H29NO6. The monoisotopic (exact) mass is 403 g/mol. The van der Waals surface area contributed by atoms with Gasteiger partial charge in [0.1, 0.15) is 11.2 Å². The summed E-state index contributed by atoms with van der Waals surface area (Å²) >= 11 is 0. The number of hydrogen-bond donors (Lipinski definition) is 1. The zero-order valence-corrected chi connectivity index (χ0v) is 17.3. The first-order valence-corrected chi connectivity index (χ1v) is 10.3. The Morgan fingerprint density at radius 1 is 1.24 bits per heavy atom. The fourth-order valence-corrected chi connectivity index (χ4v) is 5.46. The summed E-state index contributed by atoms with van der Waals surface area (Å²) < 4.78 is 16.3. The third-order valence-corrected chi connectivity index (χ3v) is 6.99. The van der Waals surface area contributed by atoms with Crippen LogP contribution in [-0.4, -0.2) is 61.3 Å². The van der Waals surface area contributed by atoms with Gasteiger partial charge < -0.3 is 19.3 Å². The van der Waals surface area contributed by atoms with E-state index in [4.69, 9.17) is 14.2 Å². The fraction of sp³-hybridized carbons (Fsp3) is 0.636. The maximum atomic E-state index is 13.0. The highest BCUT2D eigenvalue weighted by atomic mass is 16.5. The minimum Gasteiger partial charge on any atom is -0.493 e. The van der Waals surface area contributed by atoms with E-state index in [1.54, 1.807) is 21.1 Å². The quantitative estimate of drug-likeness (QED) is 0.770. The second-order valence-corrected chi connectivity index (χ2v) is 8.40. The van der Waals surface area contributed by atoms with E-state index in [0.717, 1.165) is 24.1 Å². The Morgan fingerprint density at radius 2 is 1.97 bits per heavy atom. The predicted octanol–water partition coefficient (Wildman–Crippen LogP) is 2.04. The highest BCUT2D eigenvalue weighted by Gasteiger charge is 2.64. The van der Waals surface area contributed by atoms with Gasteiger partial charge in [-0.2, -0.15) is 0 Å². The van der Waals surface area contributed by atoms with Crippen molar-refractivity contribution in [3.63, 3.8) is 0 Å². The molecule has 3 atom stereocenters. The van der Waals surface area contributed by atoms with Crippen LogP contribution in [0.5, 0.6) is 11.5 Å². The van der Waals surface area contributed by atoms with E-state index in [-0.39, 0.29) is 30.8 Å². The SMILES string of the molecule is CCOC(=O)C12CCC(=O)CC1(O)CC1c3cc(OC)c(OC)cc3CCN1C2. The standard InChI is InChI=1S/C22H29NO6/c1-4-29-20(25)21-7-5-15(24)11-22(21,26)12-17-16-10-19(28-3)18(27-2)9-14(16)6-8-23(17)13-21/h9-10,17,26H,4-8,11-13H2,1-3H3. The van der Waals surface area contributed by atoms with E-state index in [2.05, 4.69) is 4.90 Å². The molecule has 1 aromatic carbocycles. The summed E-state index contributed by atoms with van der Waals surface area (Å²) in [6.45, 7) is 3.20. The van der Waals surface area contributed by atoms with Crippen molar-refractivity contribution in [3.8, 4) is 11.5 Å². The third-order valence-electron chi connectivity index (χ3n) is 6.99. The summed E-state index contributed by atoms with van der Waals surface area (Å²) in [6, 6.07) is 3.88. The number of piperidine rings is 1. The van der Waals surface area contributed by atoms with Gasteiger partial charge in [-0.3, -0.25) is 14.5 Å². The van der Waals surface area contributed by atoms with Gasteiger partial charge in [0, 0.05) is 32.0 Å². The maximum absolute atomic E-state index is 13.0. The molecule has 0 amide bonds. The van der Waals surface area contributed by atoms with Crippen molar-refractivity contribution in [1.29, 1.82) is 0 Å². The van der Waals surface area contributed by atoms with Gasteiger partial charge in [-0.05, 0) is 49.4 Å². The molecule has 1 aliphatic carbocycles. The van der Waals surface area contributed by atoms with Gasteiger partial charge in [0.2, 0.25) is 0 Å². The Kier molecular flexibility index (Phi) is 5.07. The van der Waals surface area contributed by atoms with Crippen LogP contribution in [0.3, 0.4) is 0 Å². The normalized spacial score (nSPS) is 31.3. The molecule has 3 aliphatic rings. The van der Waals surface area contributed by atoms with Crippen molar-refractivity contribution >= 4 is 11.8 Å². The smallest absolute Gasteiger partial charge is 0.316 e. The molecule has 29 heavy (non-hydrogen) atoms. The van der Waals surface area contributed by atoms with Crippen molar-refractivity contribution in [2.24, 2.45) is 5.41 Å². The molecule has 4 rings (SSSR count). The van der Waals surface area contributed by atoms with Gasteiger partial charge in [0.25, 0.3) is 0 Å². The molecule has 7 heteroatoms.